The van der Waals surface area contributed by atoms with Gasteiger partial charge < -0.3 is 9.47 Å². The molecule has 1 aliphatic rings. The van der Waals surface area contributed by atoms with Crippen molar-refractivity contribution in [3.05, 3.63) is 29.3 Å². The minimum atomic E-state index is -0.646. The van der Waals surface area contributed by atoms with Gasteiger partial charge in [0, 0.05) is 0 Å². The van der Waals surface area contributed by atoms with Crippen LogP contribution in [0.25, 0.3) is 0 Å². The average Bonchev–Trinajstić information content (AvgIpc) is 2.68. The normalized spacial score (nSPS) is 18.3. The van der Waals surface area contributed by atoms with Gasteiger partial charge in [-0.25, -0.2) is 4.79 Å². The average molecular weight is 290 g/mol. The lowest BCUT2D eigenvalue weighted by Crippen LogP contribution is -2.26. The van der Waals surface area contributed by atoms with Gasteiger partial charge in [0.15, 0.2) is 0 Å². The van der Waals surface area contributed by atoms with E-state index >= 15 is 0 Å². The maximum Gasteiger partial charge on any atom is 0.514 e. The molecule has 1 aromatic rings. The minimum absolute atomic E-state index is 0.297. The van der Waals surface area contributed by atoms with E-state index in [9.17, 15) is 4.79 Å². The van der Waals surface area contributed by atoms with Gasteiger partial charge in [0.25, 0.3) is 0 Å². The molecule has 0 aromatic heterocycles. The van der Waals surface area contributed by atoms with Gasteiger partial charge >= 0.3 is 6.16 Å². The van der Waals surface area contributed by atoms with Crippen molar-refractivity contribution in [3.8, 4) is 5.75 Å². The quantitative estimate of drug-likeness (QED) is 0.552. The molecule has 0 radical (unpaired) electrons. The Morgan fingerprint density at radius 1 is 1.05 bits per heavy atom. The van der Waals surface area contributed by atoms with Crippen molar-refractivity contribution in [2.45, 2.75) is 60.0 Å². The molecule has 0 spiro atoms. The van der Waals surface area contributed by atoms with Crippen molar-refractivity contribution in [1.82, 2.24) is 0 Å². The van der Waals surface area contributed by atoms with Gasteiger partial charge in [-0.1, -0.05) is 26.8 Å². The predicted molar refractivity (Wildman–Crippen MR) is 83.7 cm³/mol. The number of ether oxygens (including phenoxy) is 2. The molecule has 0 saturated carbocycles. The van der Waals surface area contributed by atoms with Crippen LogP contribution in [0.15, 0.2) is 18.2 Å². The van der Waals surface area contributed by atoms with E-state index in [1.54, 1.807) is 0 Å². The van der Waals surface area contributed by atoms with Crippen molar-refractivity contribution in [2.24, 2.45) is 11.3 Å². The lowest BCUT2D eigenvalue weighted by Gasteiger charge is -2.26. The third-order valence-electron chi connectivity index (χ3n) is 3.93. The lowest BCUT2D eigenvalue weighted by molar-refractivity contribution is 0.0206. The van der Waals surface area contributed by atoms with Crippen LogP contribution in [0, 0.1) is 11.3 Å². The summed E-state index contributed by atoms with van der Waals surface area (Å²) in [5.74, 6) is 1.21. The van der Waals surface area contributed by atoms with Gasteiger partial charge in [-0.3, -0.25) is 0 Å². The molecule has 3 nitrogen and oxygen atoms in total. The molecular weight excluding hydrogens is 264 g/mol. The Labute approximate surface area is 127 Å². The summed E-state index contributed by atoms with van der Waals surface area (Å²) in [5.41, 5.74) is 2.42. The summed E-state index contributed by atoms with van der Waals surface area (Å²) >= 11 is 0. The third-order valence-corrected chi connectivity index (χ3v) is 3.93. The lowest BCUT2D eigenvalue weighted by atomic mass is 9.79. The summed E-state index contributed by atoms with van der Waals surface area (Å²) in [4.78, 5) is 11.7. The van der Waals surface area contributed by atoms with Crippen LogP contribution in [0.3, 0.4) is 0 Å². The summed E-state index contributed by atoms with van der Waals surface area (Å²) in [6, 6.07) is 5.90. The largest absolute Gasteiger partial charge is 0.514 e. The van der Waals surface area contributed by atoms with Gasteiger partial charge in [0.05, 0.1) is 0 Å². The molecule has 0 saturated heterocycles. The molecule has 0 heterocycles. The standard InChI is InChI=1S/C18H26O3/c1-17(2,3)14-9-12-7-8-15(11-13(12)10-14)20-16(19)21-18(4,5)6/h7-8,11,14H,9-10H2,1-6H3. The van der Waals surface area contributed by atoms with Crippen LogP contribution in [0.4, 0.5) is 4.79 Å². The van der Waals surface area contributed by atoms with Gasteiger partial charge in [-0.2, -0.15) is 0 Å². The van der Waals surface area contributed by atoms with Crippen molar-refractivity contribution in [1.29, 1.82) is 0 Å². The Morgan fingerprint density at radius 2 is 1.67 bits per heavy atom. The fraction of sp³-hybridized carbons (Fsp3) is 0.611. The highest BCUT2D eigenvalue weighted by molar-refractivity contribution is 5.64. The summed E-state index contributed by atoms with van der Waals surface area (Å²) in [5, 5.41) is 0. The SMILES string of the molecule is CC(C)(C)OC(=O)Oc1ccc2c(c1)CC(C(C)(C)C)C2. The zero-order valence-corrected chi connectivity index (χ0v) is 13.9. The van der Waals surface area contributed by atoms with Gasteiger partial charge in [-0.15, -0.1) is 0 Å². The second kappa shape index (κ2) is 5.36. The molecule has 0 N–H and O–H groups in total. The van der Waals surface area contributed by atoms with Crippen LogP contribution >= 0.6 is 0 Å². The molecule has 3 heteroatoms. The minimum Gasteiger partial charge on any atom is -0.428 e. The van der Waals surface area contributed by atoms with Crippen LogP contribution in [-0.2, 0) is 17.6 Å². The monoisotopic (exact) mass is 290 g/mol. The molecular formula is C18H26O3. The number of fused-ring (bicyclic) bond motifs is 1. The zero-order chi connectivity index (χ0) is 15.8. The summed E-state index contributed by atoms with van der Waals surface area (Å²) in [6.07, 6.45) is 1.50. The highest BCUT2D eigenvalue weighted by Crippen LogP contribution is 2.39. The number of hydrogen-bond acceptors (Lipinski definition) is 3. The molecule has 21 heavy (non-hydrogen) atoms. The first kappa shape index (κ1) is 15.9. The van der Waals surface area contributed by atoms with Crippen molar-refractivity contribution < 1.29 is 14.3 Å². The number of carbonyl (C=O) groups excluding carboxylic acids is 1. The van der Waals surface area contributed by atoms with E-state index in [1.807, 2.05) is 32.9 Å². The second-order valence-corrected chi connectivity index (χ2v) is 7.97. The van der Waals surface area contributed by atoms with E-state index < -0.39 is 11.8 Å². The fourth-order valence-corrected chi connectivity index (χ4v) is 2.64. The molecule has 1 aromatic carbocycles. The smallest absolute Gasteiger partial charge is 0.428 e. The van der Waals surface area contributed by atoms with E-state index in [2.05, 4.69) is 26.8 Å². The number of benzene rings is 1. The van der Waals surface area contributed by atoms with Crippen molar-refractivity contribution >= 4 is 6.16 Å². The van der Waals surface area contributed by atoms with Crippen LogP contribution in [-0.4, -0.2) is 11.8 Å². The van der Waals surface area contributed by atoms with E-state index in [0.29, 0.717) is 17.1 Å². The number of hydrogen-bond donors (Lipinski definition) is 0. The highest BCUT2D eigenvalue weighted by atomic mass is 16.7. The van der Waals surface area contributed by atoms with Crippen LogP contribution in [0.5, 0.6) is 5.75 Å². The summed E-state index contributed by atoms with van der Waals surface area (Å²) in [6.45, 7) is 12.3. The maximum absolute atomic E-state index is 11.7. The first-order valence-electron chi connectivity index (χ1n) is 7.57. The number of rotatable bonds is 1. The van der Waals surface area contributed by atoms with Crippen molar-refractivity contribution in [3.63, 3.8) is 0 Å². The van der Waals surface area contributed by atoms with E-state index in [1.165, 1.54) is 11.1 Å². The Morgan fingerprint density at radius 3 is 2.24 bits per heavy atom. The van der Waals surface area contributed by atoms with Gasteiger partial charge in [-0.05, 0) is 68.2 Å². The first-order valence-corrected chi connectivity index (χ1v) is 7.57. The predicted octanol–water partition coefficient (Wildman–Crippen LogP) is 4.76. The molecule has 2 rings (SSSR count). The molecule has 0 bridgehead atoms. The van der Waals surface area contributed by atoms with Crippen molar-refractivity contribution in [2.75, 3.05) is 0 Å². The van der Waals surface area contributed by atoms with E-state index in [0.717, 1.165) is 12.8 Å². The Bertz CT molecular complexity index is 532. The molecule has 116 valence electrons. The molecule has 0 amide bonds. The maximum atomic E-state index is 11.7. The Hall–Kier alpha value is -1.51. The second-order valence-electron chi connectivity index (χ2n) is 7.97. The highest BCUT2D eigenvalue weighted by Gasteiger charge is 2.31. The molecule has 1 unspecified atom stereocenters. The third kappa shape index (κ3) is 4.23. The van der Waals surface area contributed by atoms with Crippen LogP contribution in [0.1, 0.15) is 52.7 Å². The molecule has 0 aliphatic heterocycles. The Kier molecular flexibility index (Phi) is 4.05. The van der Waals surface area contributed by atoms with E-state index in [-0.39, 0.29) is 0 Å². The molecule has 0 fully saturated rings. The summed E-state index contributed by atoms with van der Waals surface area (Å²) < 4.78 is 10.5. The first-order chi connectivity index (χ1) is 9.54. The summed E-state index contributed by atoms with van der Waals surface area (Å²) in [7, 11) is 0. The topological polar surface area (TPSA) is 35.5 Å². The number of carbonyl (C=O) groups is 1. The molecule has 1 aliphatic carbocycles. The van der Waals surface area contributed by atoms with E-state index in [4.69, 9.17) is 9.47 Å². The fourth-order valence-electron chi connectivity index (χ4n) is 2.64. The Balaban J connectivity index is 2.06. The van der Waals surface area contributed by atoms with Crippen LogP contribution < -0.4 is 4.74 Å². The van der Waals surface area contributed by atoms with Gasteiger partial charge in [0.2, 0.25) is 0 Å². The molecule has 1 atom stereocenters. The van der Waals surface area contributed by atoms with Gasteiger partial charge in [0.1, 0.15) is 11.4 Å². The van der Waals surface area contributed by atoms with Crippen LogP contribution in [0.2, 0.25) is 0 Å². The zero-order valence-electron chi connectivity index (χ0n) is 13.9.